The van der Waals surface area contributed by atoms with Crippen LogP contribution in [0.4, 0.5) is 0 Å². The number of aromatic nitrogens is 3. The summed E-state index contributed by atoms with van der Waals surface area (Å²) in [5.41, 5.74) is 3.16. The molecule has 0 atom stereocenters. The Bertz CT molecular complexity index is 749. The Morgan fingerprint density at radius 3 is 3.00 bits per heavy atom. The third-order valence-corrected chi connectivity index (χ3v) is 2.94. The van der Waals surface area contributed by atoms with Gasteiger partial charge in [-0.15, -0.1) is 0 Å². The molecule has 0 aliphatic carbocycles. The first-order valence-corrected chi connectivity index (χ1v) is 5.76. The van der Waals surface area contributed by atoms with Gasteiger partial charge in [0.2, 0.25) is 5.88 Å². The van der Waals surface area contributed by atoms with Crippen molar-refractivity contribution in [3.63, 3.8) is 0 Å². The molecule has 19 heavy (non-hydrogen) atoms. The zero-order chi connectivity index (χ0) is 13.2. The summed E-state index contributed by atoms with van der Waals surface area (Å²) in [5.74, 6) is 0.539. The van der Waals surface area contributed by atoms with Crippen molar-refractivity contribution in [3.05, 3.63) is 48.3 Å². The maximum Gasteiger partial charge on any atom is 0.213 e. The predicted octanol–water partition coefficient (Wildman–Crippen LogP) is 2.22. The molecule has 0 radical (unpaired) electrons. The van der Waals surface area contributed by atoms with Crippen molar-refractivity contribution in [2.24, 2.45) is 0 Å². The zero-order valence-electron chi connectivity index (χ0n) is 10.3. The number of rotatable bonds is 3. The molecule has 0 aromatic carbocycles. The summed E-state index contributed by atoms with van der Waals surface area (Å²) in [7, 11) is 1.57. The number of nitrogens with zero attached hydrogens (tertiary/aromatic N) is 3. The molecular weight excluding hydrogens is 242 g/mol. The predicted molar refractivity (Wildman–Crippen MR) is 70.4 cm³/mol. The number of hydrogen-bond donors (Lipinski definition) is 0. The minimum atomic E-state index is 0.539. The van der Waals surface area contributed by atoms with Gasteiger partial charge in [-0.1, -0.05) is 6.07 Å². The van der Waals surface area contributed by atoms with Crippen molar-refractivity contribution in [3.8, 4) is 17.1 Å². The second kappa shape index (κ2) is 4.53. The van der Waals surface area contributed by atoms with E-state index in [2.05, 4.69) is 10.1 Å². The molecule has 0 N–H and O–H groups in total. The number of carbonyl (C=O) groups excluding carboxylic acids is 1. The highest BCUT2D eigenvalue weighted by atomic mass is 16.5. The van der Waals surface area contributed by atoms with Crippen molar-refractivity contribution in [1.82, 2.24) is 14.6 Å². The van der Waals surface area contributed by atoms with E-state index in [1.54, 1.807) is 24.0 Å². The average molecular weight is 253 g/mol. The van der Waals surface area contributed by atoms with Crippen molar-refractivity contribution < 1.29 is 9.53 Å². The Balaban J connectivity index is 2.24. The molecule has 3 rings (SSSR count). The van der Waals surface area contributed by atoms with Crippen LogP contribution in [0.5, 0.6) is 5.88 Å². The number of pyridine rings is 2. The van der Waals surface area contributed by atoms with Gasteiger partial charge in [0.05, 0.1) is 30.1 Å². The first-order chi connectivity index (χ1) is 9.33. The third-order valence-electron chi connectivity index (χ3n) is 2.94. The number of carbonyl (C=O) groups is 1. The fourth-order valence-corrected chi connectivity index (χ4v) is 2.02. The maximum atomic E-state index is 10.9. The van der Waals surface area contributed by atoms with Gasteiger partial charge in [-0.05, 0) is 18.2 Å². The molecule has 0 amide bonds. The van der Waals surface area contributed by atoms with Crippen molar-refractivity contribution in [2.45, 2.75) is 0 Å². The van der Waals surface area contributed by atoms with E-state index < -0.39 is 0 Å². The fraction of sp³-hybridized carbons (Fsp3) is 0.0714. The molecule has 0 spiro atoms. The molecule has 5 heteroatoms. The monoisotopic (exact) mass is 253 g/mol. The second-order valence-corrected chi connectivity index (χ2v) is 4.01. The quantitative estimate of drug-likeness (QED) is 0.671. The minimum absolute atomic E-state index is 0.539. The lowest BCUT2D eigenvalue weighted by atomic mass is 10.1. The average Bonchev–Trinajstić information content (AvgIpc) is 2.90. The molecular formula is C14H11N3O2. The Hall–Kier alpha value is -2.69. The van der Waals surface area contributed by atoms with Gasteiger partial charge in [0.1, 0.15) is 0 Å². The Morgan fingerprint density at radius 1 is 1.32 bits per heavy atom. The molecule has 0 saturated heterocycles. The van der Waals surface area contributed by atoms with Crippen LogP contribution < -0.4 is 4.74 Å². The minimum Gasteiger partial charge on any atom is -0.481 e. The smallest absolute Gasteiger partial charge is 0.213 e. The number of aldehydes is 1. The van der Waals surface area contributed by atoms with Gasteiger partial charge in [0.15, 0.2) is 6.29 Å². The highest BCUT2D eigenvalue weighted by molar-refractivity contribution is 5.86. The molecule has 3 aromatic rings. The number of methoxy groups -OCH3 is 1. The highest BCUT2D eigenvalue weighted by Crippen LogP contribution is 2.23. The van der Waals surface area contributed by atoms with Crippen molar-refractivity contribution >= 4 is 11.8 Å². The Kier molecular flexibility index (Phi) is 2.72. The first kappa shape index (κ1) is 11.4. The molecule has 0 aliphatic rings. The summed E-state index contributed by atoms with van der Waals surface area (Å²) >= 11 is 0. The van der Waals surface area contributed by atoms with E-state index in [0.29, 0.717) is 11.4 Å². The summed E-state index contributed by atoms with van der Waals surface area (Å²) in [6, 6.07) is 9.39. The van der Waals surface area contributed by atoms with E-state index in [0.717, 1.165) is 23.1 Å². The zero-order valence-corrected chi connectivity index (χ0v) is 10.3. The van der Waals surface area contributed by atoms with Crippen LogP contribution in [0.1, 0.15) is 10.4 Å². The molecule has 3 aromatic heterocycles. The van der Waals surface area contributed by atoms with Gasteiger partial charge in [0, 0.05) is 17.8 Å². The van der Waals surface area contributed by atoms with Gasteiger partial charge in [-0.3, -0.25) is 4.79 Å². The van der Waals surface area contributed by atoms with Crippen LogP contribution in [0.25, 0.3) is 16.8 Å². The van der Waals surface area contributed by atoms with E-state index in [9.17, 15) is 4.79 Å². The van der Waals surface area contributed by atoms with Crippen LogP contribution in [0.15, 0.2) is 42.7 Å². The number of fused-ring (bicyclic) bond motifs is 1. The van der Waals surface area contributed by atoms with Gasteiger partial charge >= 0.3 is 0 Å². The van der Waals surface area contributed by atoms with Crippen molar-refractivity contribution in [2.75, 3.05) is 7.11 Å². The van der Waals surface area contributed by atoms with Gasteiger partial charge in [-0.2, -0.15) is 5.10 Å². The van der Waals surface area contributed by atoms with Gasteiger partial charge < -0.3 is 4.74 Å². The van der Waals surface area contributed by atoms with Crippen LogP contribution >= 0.6 is 0 Å². The van der Waals surface area contributed by atoms with E-state index >= 15 is 0 Å². The molecule has 3 heterocycles. The molecule has 0 unspecified atom stereocenters. The first-order valence-electron chi connectivity index (χ1n) is 5.76. The van der Waals surface area contributed by atoms with Crippen LogP contribution in [0, 0.1) is 0 Å². The summed E-state index contributed by atoms with van der Waals surface area (Å²) in [4.78, 5) is 15.0. The molecule has 0 bridgehead atoms. The summed E-state index contributed by atoms with van der Waals surface area (Å²) in [6.45, 7) is 0. The Morgan fingerprint density at radius 2 is 2.21 bits per heavy atom. The molecule has 94 valence electrons. The number of hydrogen-bond acceptors (Lipinski definition) is 4. The van der Waals surface area contributed by atoms with Crippen LogP contribution in [0.2, 0.25) is 0 Å². The van der Waals surface area contributed by atoms with Crippen LogP contribution in [-0.4, -0.2) is 28.0 Å². The topological polar surface area (TPSA) is 56.5 Å². The van der Waals surface area contributed by atoms with Crippen molar-refractivity contribution in [1.29, 1.82) is 0 Å². The van der Waals surface area contributed by atoms with E-state index in [-0.39, 0.29) is 0 Å². The van der Waals surface area contributed by atoms with Gasteiger partial charge in [0.25, 0.3) is 0 Å². The SMILES string of the molecule is COc1cc(-c2cccc3c(C=O)cnn23)ccn1. The standard InChI is InChI=1S/C14H11N3O2/c1-19-14-7-10(5-6-15-14)12-3-2-4-13-11(9-18)8-16-17(12)13/h2-9H,1H3. The van der Waals surface area contributed by atoms with E-state index in [4.69, 9.17) is 4.74 Å². The van der Waals surface area contributed by atoms with E-state index in [1.165, 1.54) is 0 Å². The third kappa shape index (κ3) is 1.85. The lowest BCUT2D eigenvalue weighted by Gasteiger charge is -2.06. The summed E-state index contributed by atoms with van der Waals surface area (Å²) in [5, 5.41) is 4.25. The largest absolute Gasteiger partial charge is 0.481 e. The number of ether oxygens (including phenoxy) is 1. The molecule has 0 fully saturated rings. The second-order valence-electron chi connectivity index (χ2n) is 4.01. The van der Waals surface area contributed by atoms with Gasteiger partial charge in [-0.25, -0.2) is 9.50 Å². The summed E-state index contributed by atoms with van der Waals surface area (Å²) < 4.78 is 6.85. The Labute approximate surface area is 109 Å². The highest BCUT2D eigenvalue weighted by Gasteiger charge is 2.08. The lowest BCUT2D eigenvalue weighted by Crippen LogP contribution is -1.95. The molecule has 0 aliphatic heterocycles. The van der Waals surface area contributed by atoms with Crippen LogP contribution in [-0.2, 0) is 0 Å². The maximum absolute atomic E-state index is 10.9. The molecule has 5 nitrogen and oxygen atoms in total. The van der Waals surface area contributed by atoms with Crippen LogP contribution in [0.3, 0.4) is 0 Å². The lowest BCUT2D eigenvalue weighted by molar-refractivity contribution is 0.112. The van der Waals surface area contributed by atoms with E-state index in [1.807, 2.05) is 30.3 Å². The summed E-state index contributed by atoms with van der Waals surface area (Å²) in [6.07, 6.45) is 4.04. The normalized spacial score (nSPS) is 10.6. The molecule has 0 saturated carbocycles. The fourth-order valence-electron chi connectivity index (χ4n) is 2.02.